The van der Waals surface area contributed by atoms with Crippen LogP contribution in [0.25, 0.3) is 11.3 Å². The lowest BCUT2D eigenvalue weighted by Gasteiger charge is -2.39. The first-order chi connectivity index (χ1) is 15.6. The highest BCUT2D eigenvalue weighted by Crippen LogP contribution is 2.39. The van der Waals surface area contributed by atoms with Gasteiger partial charge in [-0.3, -0.25) is 9.69 Å². The van der Waals surface area contributed by atoms with E-state index in [2.05, 4.69) is 39.5 Å². The molecular formula is C25H29N3O3S. The van der Waals surface area contributed by atoms with Gasteiger partial charge < -0.3 is 14.5 Å². The molecule has 2 fully saturated rings. The van der Waals surface area contributed by atoms with Crippen LogP contribution in [0.2, 0.25) is 0 Å². The maximum Gasteiger partial charge on any atom is 0.270 e. The van der Waals surface area contributed by atoms with Gasteiger partial charge in [0.15, 0.2) is 0 Å². The van der Waals surface area contributed by atoms with Crippen molar-refractivity contribution < 1.29 is 13.9 Å². The molecule has 4 heterocycles. The van der Waals surface area contributed by atoms with E-state index < -0.39 is 0 Å². The summed E-state index contributed by atoms with van der Waals surface area (Å²) in [5, 5.41) is 5.71. The first kappa shape index (κ1) is 21.4. The highest BCUT2D eigenvalue weighted by atomic mass is 32.1. The highest BCUT2D eigenvalue weighted by molar-refractivity contribution is 7.09. The summed E-state index contributed by atoms with van der Waals surface area (Å²) in [6, 6.07) is 12.5. The van der Waals surface area contributed by atoms with Crippen molar-refractivity contribution in [2.45, 2.75) is 50.9 Å². The van der Waals surface area contributed by atoms with Crippen molar-refractivity contribution in [3.05, 3.63) is 64.3 Å². The number of aryl methyl sites for hydroxylation is 1. The fourth-order valence-corrected chi connectivity index (χ4v) is 5.36. The van der Waals surface area contributed by atoms with Gasteiger partial charge in [-0.25, -0.2) is 4.98 Å². The average Bonchev–Trinajstić information content (AvgIpc) is 3.57. The summed E-state index contributed by atoms with van der Waals surface area (Å²) < 4.78 is 11.9. The summed E-state index contributed by atoms with van der Waals surface area (Å²) in [6.07, 6.45) is 5.98. The zero-order valence-electron chi connectivity index (χ0n) is 18.4. The number of benzene rings is 1. The van der Waals surface area contributed by atoms with Gasteiger partial charge in [0.2, 0.25) is 0 Å². The molecule has 0 aliphatic carbocycles. The largest absolute Gasteiger partial charge is 0.464 e. The lowest BCUT2D eigenvalue weighted by molar-refractivity contribution is -0.0764. The van der Waals surface area contributed by atoms with Gasteiger partial charge in [-0.1, -0.05) is 24.3 Å². The predicted molar refractivity (Wildman–Crippen MR) is 125 cm³/mol. The Morgan fingerprint density at radius 1 is 1.22 bits per heavy atom. The van der Waals surface area contributed by atoms with Crippen molar-refractivity contribution in [3.8, 4) is 11.3 Å². The van der Waals surface area contributed by atoms with Gasteiger partial charge in [-0.05, 0) is 50.3 Å². The first-order valence-corrected chi connectivity index (χ1v) is 12.2. The van der Waals surface area contributed by atoms with Crippen LogP contribution >= 0.6 is 11.3 Å². The van der Waals surface area contributed by atoms with E-state index in [4.69, 9.17) is 9.15 Å². The molecule has 5 rings (SSSR count). The molecule has 0 bridgehead atoms. The zero-order valence-corrected chi connectivity index (χ0v) is 19.2. The number of hydrogen-bond acceptors (Lipinski definition) is 6. The third-order valence-electron chi connectivity index (χ3n) is 6.61. The second kappa shape index (κ2) is 9.17. The topological polar surface area (TPSA) is 67.6 Å². The van der Waals surface area contributed by atoms with Crippen molar-refractivity contribution in [2.24, 2.45) is 0 Å². The second-order valence-electron chi connectivity index (χ2n) is 8.87. The van der Waals surface area contributed by atoms with Gasteiger partial charge >= 0.3 is 0 Å². The van der Waals surface area contributed by atoms with Gasteiger partial charge in [0.1, 0.15) is 11.5 Å². The van der Waals surface area contributed by atoms with Gasteiger partial charge in [-0.2, -0.15) is 0 Å². The molecule has 0 unspecified atom stereocenters. The molecular weight excluding hydrogens is 422 g/mol. The number of hydrogen-bond donors (Lipinski definition) is 1. The Morgan fingerprint density at radius 2 is 2.03 bits per heavy atom. The van der Waals surface area contributed by atoms with Crippen molar-refractivity contribution in [3.63, 3.8) is 0 Å². The Labute approximate surface area is 192 Å². The van der Waals surface area contributed by atoms with Crippen molar-refractivity contribution in [1.82, 2.24) is 15.2 Å². The van der Waals surface area contributed by atoms with Crippen molar-refractivity contribution >= 4 is 17.2 Å². The summed E-state index contributed by atoms with van der Waals surface area (Å²) in [5.74, 6) is 0.800. The highest BCUT2D eigenvalue weighted by Gasteiger charge is 2.42. The maximum absolute atomic E-state index is 12.3. The van der Waals surface area contributed by atoms with Crippen LogP contribution in [-0.2, 0) is 11.3 Å². The number of rotatable bonds is 6. The lowest BCUT2D eigenvalue weighted by atomic mass is 9.88. The van der Waals surface area contributed by atoms with E-state index >= 15 is 0 Å². The Bertz CT molecular complexity index is 1040. The standard InChI is InChI=1S/C25H29N3O3S/c1-18-27-22(17-32-18)24(29)26-15-21-8-9-25(31-21)10-12-28(13-11-25)16-19-4-6-20(7-5-19)23-3-2-14-30-23/h2-7,14,17,21H,8-13,15-16H2,1H3,(H,26,29)/t21-/m0/s1. The van der Waals surface area contributed by atoms with Gasteiger partial charge in [0, 0.05) is 37.1 Å². The van der Waals surface area contributed by atoms with E-state index in [9.17, 15) is 4.79 Å². The number of carbonyl (C=O) groups excluding carboxylic acids is 1. The molecule has 6 nitrogen and oxygen atoms in total. The number of ether oxygens (including phenoxy) is 1. The average molecular weight is 452 g/mol. The third kappa shape index (κ3) is 4.80. The number of nitrogens with zero attached hydrogens (tertiary/aromatic N) is 2. The summed E-state index contributed by atoms with van der Waals surface area (Å²) in [6.45, 7) is 5.51. The molecule has 1 amide bonds. The number of nitrogens with one attached hydrogen (secondary N) is 1. The smallest absolute Gasteiger partial charge is 0.270 e. The van der Waals surface area contributed by atoms with E-state index in [1.165, 1.54) is 16.9 Å². The minimum Gasteiger partial charge on any atom is -0.464 e. The summed E-state index contributed by atoms with van der Waals surface area (Å²) in [5.41, 5.74) is 2.91. The normalized spacial score (nSPS) is 20.6. The second-order valence-corrected chi connectivity index (χ2v) is 9.94. The number of carbonyl (C=O) groups is 1. The van der Waals surface area contributed by atoms with E-state index in [1.54, 1.807) is 6.26 Å². The van der Waals surface area contributed by atoms with Crippen LogP contribution in [0.3, 0.4) is 0 Å². The SMILES string of the molecule is Cc1nc(C(=O)NC[C@@H]2CCC3(CCN(Cc4ccc(-c5ccco5)cc4)CC3)O2)cs1. The molecule has 1 atom stereocenters. The predicted octanol–water partition coefficient (Wildman–Crippen LogP) is 4.66. The first-order valence-electron chi connectivity index (χ1n) is 11.3. The van der Waals surface area contributed by atoms with Crippen LogP contribution in [0.15, 0.2) is 52.5 Å². The summed E-state index contributed by atoms with van der Waals surface area (Å²) in [4.78, 5) is 19.0. The summed E-state index contributed by atoms with van der Waals surface area (Å²) in [7, 11) is 0. The van der Waals surface area contributed by atoms with Crippen molar-refractivity contribution in [2.75, 3.05) is 19.6 Å². The molecule has 0 saturated carbocycles. The lowest BCUT2D eigenvalue weighted by Crippen LogP contribution is -2.44. The third-order valence-corrected chi connectivity index (χ3v) is 7.39. The molecule has 3 aromatic rings. The summed E-state index contributed by atoms with van der Waals surface area (Å²) >= 11 is 1.50. The monoisotopic (exact) mass is 451 g/mol. The molecule has 168 valence electrons. The quantitative estimate of drug-likeness (QED) is 0.591. The minimum atomic E-state index is -0.105. The Kier molecular flexibility index (Phi) is 6.13. The number of piperidine rings is 1. The van der Waals surface area contributed by atoms with E-state index in [-0.39, 0.29) is 17.6 Å². The van der Waals surface area contributed by atoms with Gasteiger partial charge in [-0.15, -0.1) is 11.3 Å². The van der Waals surface area contributed by atoms with Crippen molar-refractivity contribution in [1.29, 1.82) is 0 Å². The van der Waals surface area contributed by atoms with Crippen LogP contribution < -0.4 is 5.32 Å². The van der Waals surface area contributed by atoms with Crippen LogP contribution in [0, 0.1) is 6.92 Å². The van der Waals surface area contributed by atoms with Crippen LogP contribution in [-0.4, -0.2) is 47.1 Å². The molecule has 2 saturated heterocycles. The molecule has 7 heteroatoms. The Balaban J connectivity index is 1.08. The number of furan rings is 1. The fourth-order valence-electron chi connectivity index (χ4n) is 4.77. The molecule has 1 spiro atoms. The molecule has 2 aliphatic rings. The molecule has 1 N–H and O–H groups in total. The number of aromatic nitrogens is 1. The zero-order chi connectivity index (χ0) is 22.0. The van der Waals surface area contributed by atoms with Crippen LogP contribution in [0.4, 0.5) is 0 Å². The fraction of sp³-hybridized carbons (Fsp3) is 0.440. The number of thiazole rings is 1. The Morgan fingerprint density at radius 3 is 2.72 bits per heavy atom. The van der Waals surface area contributed by atoms with E-state index in [0.29, 0.717) is 12.2 Å². The molecule has 32 heavy (non-hydrogen) atoms. The van der Waals surface area contributed by atoms with Gasteiger partial charge in [0.25, 0.3) is 5.91 Å². The van der Waals surface area contributed by atoms with E-state index in [0.717, 1.165) is 61.6 Å². The minimum absolute atomic E-state index is 0.0216. The molecule has 2 aromatic heterocycles. The number of amides is 1. The van der Waals surface area contributed by atoms with E-state index in [1.807, 2.05) is 24.4 Å². The van der Waals surface area contributed by atoms with Crippen LogP contribution in [0.1, 0.15) is 46.7 Å². The molecule has 1 aromatic carbocycles. The Hall–Kier alpha value is -2.48. The van der Waals surface area contributed by atoms with Gasteiger partial charge in [0.05, 0.1) is 23.0 Å². The maximum atomic E-state index is 12.3. The van der Waals surface area contributed by atoms with Crippen LogP contribution in [0.5, 0.6) is 0 Å². The number of likely N-dealkylation sites (tertiary alicyclic amines) is 1. The molecule has 0 radical (unpaired) electrons. The molecule has 2 aliphatic heterocycles.